The predicted molar refractivity (Wildman–Crippen MR) is 56.3 cm³/mol. The van der Waals surface area contributed by atoms with E-state index in [0.29, 0.717) is 6.54 Å². The molecule has 0 radical (unpaired) electrons. The number of nitrogens with zero attached hydrogens (tertiary/aromatic N) is 2. The summed E-state index contributed by atoms with van der Waals surface area (Å²) in [6.45, 7) is 4.48. The van der Waals surface area contributed by atoms with Crippen molar-refractivity contribution >= 4 is 21.6 Å². The van der Waals surface area contributed by atoms with Crippen LogP contribution in [0, 0.1) is 17.2 Å². The van der Waals surface area contributed by atoms with Crippen molar-refractivity contribution in [2.24, 2.45) is 5.92 Å². The van der Waals surface area contributed by atoms with Gasteiger partial charge in [0.2, 0.25) is 10.0 Å². The molecule has 0 amide bonds. The second-order valence-electron chi connectivity index (χ2n) is 3.38. The maximum atomic E-state index is 11.4. The highest BCUT2D eigenvalue weighted by atomic mass is 35.5. The van der Waals surface area contributed by atoms with Crippen molar-refractivity contribution in [1.29, 1.82) is 5.26 Å². The molecule has 82 valence electrons. The van der Waals surface area contributed by atoms with Gasteiger partial charge in [-0.3, -0.25) is 0 Å². The second-order valence-corrected chi connectivity index (χ2v) is 5.93. The van der Waals surface area contributed by atoms with Crippen LogP contribution >= 0.6 is 11.6 Å². The Balaban J connectivity index is 4.48. The highest BCUT2D eigenvalue weighted by molar-refractivity contribution is 7.90. The lowest BCUT2D eigenvalue weighted by molar-refractivity contribution is 0.375. The molecule has 0 aliphatic carbocycles. The van der Waals surface area contributed by atoms with Crippen molar-refractivity contribution in [3.63, 3.8) is 0 Å². The van der Waals surface area contributed by atoms with Gasteiger partial charge in [0.1, 0.15) is 5.21 Å². The number of alkyl halides is 1. The van der Waals surface area contributed by atoms with Gasteiger partial charge in [-0.2, -0.15) is 9.57 Å². The van der Waals surface area contributed by atoms with E-state index in [0.717, 1.165) is 0 Å². The molecular weight excluding hydrogens is 224 g/mol. The summed E-state index contributed by atoms with van der Waals surface area (Å²) in [6.07, 6.45) is 0.197. The van der Waals surface area contributed by atoms with Gasteiger partial charge in [-0.25, -0.2) is 8.42 Å². The molecule has 0 saturated heterocycles. The fourth-order valence-electron chi connectivity index (χ4n) is 0.995. The fourth-order valence-corrected chi connectivity index (χ4v) is 2.44. The van der Waals surface area contributed by atoms with Gasteiger partial charge in [0.15, 0.2) is 0 Å². The van der Waals surface area contributed by atoms with Crippen molar-refractivity contribution in [3.8, 4) is 6.07 Å². The Morgan fingerprint density at radius 3 is 2.43 bits per heavy atom. The first kappa shape index (κ1) is 13.7. The highest BCUT2D eigenvalue weighted by Crippen LogP contribution is 2.08. The quantitative estimate of drug-likeness (QED) is 0.657. The molecule has 0 aliphatic rings. The minimum Gasteiger partial charge on any atom is -0.211 e. The van der Waals surface area contributed by atoms with E-state index < -0.39 is 15.2 Å². The Labute approximate surface area is 90.5 Å². The van der Waals surface area contributed by atoms with Crippen LogP contribution in [0.3, 0.4) is 0 Å². The molecule has 14 heavy (non-hydrogen) atoms. The number of hydrogen-bond acceptors (Lipinski definition) is 3. The largest absolute Gasteiger partial charge is 0.228 e. The summed E-state index contributed by atoms with van der Waals surface area (Å²) in [4.78, 5) is 0. The normalized spacial score (nSPS) is 12.0. The van der Waals surface area contributed by atoms with Gasteiger partial charge in [-0.1, -0.05) is 13.8 Å². The van der Waals surface area contributed by atoms with Crippen molar-refractivity contribution in [3.05, 3.63) is 0 Å². The average Bonchev–Trinajstić information content (AvgIpc) is 2.11. The molecular formula is C8H15ClN2O2S. The molecule has 0 saturated carbocycles. The summed E-state index contributed by atoms with van der Waals surface area (Å²) < 4.78 is 24.1. The van der Waals surface area contributed by atoms with Gasteiger partial charge in [0.25, 0.3) is 0 Å². The maximum Gasteiger partial charge on any atom is 0.228 e. The van der Waals surface area contributed by atoms with Crippen molar-refractivity contribution in [2.45, 2.75) is 20.3 Å². The highest BCUT2D eigenvalue weighted by Gasteiger charge is 2.20. The van der Waals surface area contributed by atoms with Crippen LogP contribution in [-0.4, -0.2) is 31.0 Å². The number of sulfonamides is 1. The molecule has 0 atom stereocenters. The van der Waals surface area contributed by atoms with E-state index in [1.807, 2.05) is 19.9 Å². The SMILES string of the molecule is CC(C)CN(CCC#N)S(=O)(=O)CCl. The lowest BCUT2D eigenvalue weighted by Crippen LogP contribution is -2.35. The first-order valence-electron chi connectivity index (χ1n) is 4.34. The van der Waals surface area contributed by atoms with Crippen LogP contribution in [-0.2, 0) is 10.0 Å². The Morgan fingerprint density at radius 2 is 2.07 bits per heavy atom. The van der Waals surface area contributed by atoms with Crippen molar-refractivity contribution in [2.75, 3.05) is 18.3 Å². The summed E-state index contributed by atoms with van der Waals surface area (Å²) >= 11 is 5.34. The molecule has 0 aliphatic heterocycles. The monoisotopic (exact) mass is 238 g/mol. The van der Waals surface area contributed by atoms with Gasteiger partial charge in [-0.05, 0) is 5.92 Å². The minimum absolute atomic E-state index is 0.197. The first-order valence-corrected chi connectivity index (χ1v) is 6.49. The summed E-state index contributed by atoms with van der Waals surface area (Å²) in [7, 11) is -3.38. The third kappa shape index (κ3) is 4.80. The maximum absolute atomic E-state index is 11.4. The molecule has 0 heterocycles. The summed E-state index contributed by atoms with van der Waals surface area (Å²) in [5.74, 6) is 0.228. The number of nitriles is 1. The van der Waals surface area contributed by atoms with Crippen LogP contribution in [0.25, 0.3) is 0 Å². The van der Waals surface area contributed by atoms with E-state index in [9.17, 15) is 8.42 Å². The third-order valence-electron chi connectivity index (χ3n) is 1.57. The zero-order chi connectivity index (χ0) is 11.2. The first-order chi connectivity index (χ1) is 6.44. The van der Waals surface area contributed by atoms with Crippen LogP contribution in [0.1, 0.15) is 20.3 Å². The van der Waals surface area contributed by atoms with E-state index in [2.05, 4.69) is 0 Å². The Morgan fingerprint density at radius 1 is 1.50 bits per heavy atom. The Hall–Kier alpha value is -0.310. The van der Waals surface area contributed by atoms with Gasteiger partial charge < -0.3 is 0 Å². The van der Waals surface area contributed by atoms with Gasteiger partial charge >= 0.3 is 0 Å². The third-order valence-corrected chi connectivity index (χ3v) is 3.79. The number of hydrogen-bond donors (Lipinski definition) is 0. The lowest BCUT2D eigenvalue weighted by Gasteiger charge is -2.21. The molecule has 0 unspecified atom stereocenters. The van der Waals surface area contributed by atoms with Crippen LogP contribution in [0.4, 0.5) is 0 Å². The van der Waals surface area contributed by atoms with E-state index in [1.165, 1.54) is 4.31 Å². The summed E-state index contributed by atoms with van der Waals surface area (Å²) in [5.41, 5.74) is 0. The lowest BCUT2D eigenvalue weighted by atomic mass is 10.2. The standard InChI is InChI=1S/C8H15ClN2O2S/c1-8(2)6-11(5-3-4-10)14(12,13)7-9/h8H,3,5-7H2,1-2H3. The van der Waals surface area contributed by atoms with Gasteiger partial charge in [0, 0.05) is 19.5 Å². The van der Waals surface area contributed by atoms with Crippen LogP contribution in [0.2, 0.25) is 0 Å². The zero-order valence-corrected chi connectivity index (χ0v) is 9.98. The molecule has 4 nitrogen and oxygen atoms in total. The van der Waals surface area contributed by atoms with Crippen LogP contribution in [0.5, 0.6) is 0 Å². The van der Waals surface area contributed by atoms with E-state index in [-0.39, 0.29) is 18.9 Å². The Bertz CT molecular complexity index is 295. The second kappa shape index (κ2) is 6.23. The Kier molecular flexibility index (Phi) is 6.09. The molecule has 0 aromatic carbocycles. The summed E-state index contributed by atoms with van der Waals surface area (Å²) in [5, 5.41) is 7.96. The smallest absolute Gasteiger partial charge is 0.211 e. The number of rotatable bonds is 6. The molecule has 0 aromatic rings. The molecule has 0 N–H and O–H groups in total. The van der Waals surface area contributed by atoms with Crippen LogP contribution in [0.15, 0.2) is 0 Å². The summed E-state index contributed by atoms with van der Waals surface area (Å²) in [6, 6.07) is 1.92. The topological polar surface area (TPSA) is 61.2 Å². The molecule has 0 aromatic heterocycles. The molecule has 0 bridgehead atoms. The van der Waals surface area contributed by atoms with Crippen LogP contribution < -0.4 is 0 Å². The zero-order valence-electron chi connectivity index (χ0n) is 8.40. The molecule has 6 heteroatoms. The van der Waals surface area contributed by atoms with E-state index >= 15 is 0 Å². The number of halogens is 1. The molecule has 0 rings (SSSR count). The van der Waals surface area contributed by atoms with Crippen molar-refractivity contribution in [1.82, 2.24) is 4.31 Å². The van der Waals surface area contributed by atoms with Gasteiger partial charge in [0.05, 0.1) is 6.07 Å². The van der Waals surface area contributed by atoms with E-state index in [1.54, 1.807) is 0 Å². The fraction of sp³-hybridized carbons (Fsp3) is 0.875. The van der Waals surface area contributed by atoms with Crippen molar-refractivity contribution < 1.29 is 8.42 Å². The minimum atomic E-state index is -3.38. The predicted octanol–water partition coefficient (Wildman–Crippen LogP) is 1.38. The van der Waals surface area contributed by atoms with Gasteiger partial charge in [-0.15, -0.1) is 11.6 Å². The molecule has 0 spiro atoms. The average molecular weight is 239 g/mol. The van der Waals surface area contributed by atoms with E-state index in [4.69, 9.17) is 16.9 Å². The molecule has 0 fully saturated rings.